The fourth-order valence-electron chi connectivity index (χ4n) is 3.43. The van der Waals surface area contributed by atoms with E-state index in [1.165, 1.54) is 6.92 Å². The third kappa shape index (κ3) is 4.17. The van der Waals surface area contributed by atoms with Crippen LogP contribution in [0.3, 0.4) is 0 Å². The lowest BCUT2D eigenvalue weighted by molar-refractivity contribution is -0.146. The molecular formula is C20H25N3O5. The van der Waals surface area contributed by atoms with Crippen molar-refractivity contribution in [3.05, 3.63) is 30.0 Å². The van der Waals surface area contributed by atoms with Gasteiger partial charge in [0.15, 0.2) is 5.78 Å². The molecule has 0 aliphatic carbocycles. The van der Waals surface area contributed by atoms with Crippen LogP contribution < -0.4 is 10.6 Å². The Kier molecular flexibility index (Phi) is 5.99. The number of hydrogen-bond acceptors (Lipinski definition) is 6. The number of aliphatic hydroxyl groups is 1. The number of Topliss-reactive ketones (excluding diaryl/α,β-unsaturated/α-hetero) is 1. The third-order valence-electron chi connectivity index (χ3n) is 4.81. The maximum absolute atomic E-state index is 12.7. The minimum absolute atomic E-state index is 0.175. The summed E-state index contributed by atoms with van der Waals surface area (Å²) in [6.45, 7) is 4.42. The highest BCUT2D eigenvalue weighted by molar-refractivity contribution is 6.10. The molecule has 1 aliphatic rings. The zero-order valence-corrected chi connectivity index (χ0v) is 16.0. The Morgan fingerprint density at radius 1 is 1.32 bits per heavy atom. The van der Waals surface area contributed by atoms with Gasteiger partial charge in [-0.3, -0.25) is 14.4 Å². The van der Waals surface area contributed by atoms with Crippen molar-refractivity contribution in [2.45, 2.75) is 32.9 Å². The van der Waals surface area contributed by atoms with E-state index in [0.717, 1.165) is 16.6 Å². The second-order valence-corrected chi connectivity index (χ2v) is 6.88. The zero-order valence-electron chi connectivity index (χ0n) is 16.0. The van der Waals surface area contributed by atoms with Gasteiger partial charge in [0.1, 0.15) is 5.92 Å². The molecule has 1 aliphatic heterocycles. The lowest BCUT2D eigenvalue weighted by Gasteiger charge is -2.22. The van der Waals surface area contributed by atoms with E-state index in [9.17, 15) is 19.5 Å². The van der Waals surface area contributed by atoms with Crippen LogP contribution in [-0.2, 0) is 20.9 Å². The largest absolute Gasteiger partial charge is 0.465 e. The first kappa shape index (κ1) is 19.9. The van der Waals surface area contributed by atoms with Gasteiger partial charge in [0.25, 0.3) is 0 Å². The summed E-state index contributed by atoms with van der Waals surface area (Å²) < 4.78 is 6.95. The van der Waals surface area contributed by atoms with Gasteiger partial charge in [-0.1, -0.05) is 0 Å². The van der Waals surface area contributed by atoms with Gasteiger partial charge in [-0.25, -0.2) is 0 Å². The molecule has 0 radical (unpaired) electrons. The number of nitrogens with zero attached hydrogens (tertiary/aromatic N) is 1. The molecule has 3 rings (SSSR count). The number of ether oxygens (including phenoxy) is 1. The predicted octanol–water partition coefficient (Wildman–Crippen LogP) is 1.32. The highest BCUT2D eigenvalue weighted by Gasteiger charge is 2.35. The Labute approximate surface area is 162 Å². The van der Waals surface area contributed by atoms with E-state index in [-0.39, 0.29) is 31.4 Å². The first-order chi connectivity index (χ1) is 13.4. The monoisotopic (exact) mass is 387 g/mol. The van der Waals surface area contributed by atoms with E-state index in [4.69, 9.17) is 4.74 Å². The zero-order chi connectivity index (χ0) is 20.3. The quantitative estimate of drug-likeness (QED) is 0.488. The smallest absolute Gasteiger partial charge is 0.316 e. The van der Waals surface area contributed by atoms with Crippen LogP contribution in [0.15, 0.2) is 24.3 Å². The average molecular weight is 387 g/mol. The Morgan fingerprint density at radius 3 is 2.82 bits per heavy atom. The summed E-state index contributed by atoms with van der Waals surface area (Å²) in [7, 11) is 0. The molecule has 0 spiro atoms. The normalized spacial score (nSPS) is 17.1. The summed E-state index contributed by atoms with van der Waals surface area (Å²) in [5.41, 5.74) is 2.24. The molecule has 3 N–H and O–H groups in total. The van der Waals surface area contributed by atoms with Crippen molar-refractivity contribution in [1.82, 2.24) is 9.88 Å². The molecule has 2 atom stereocenters. The van der Waals surface area contributed by atoms with E-state index < -0.39 is 18.0 Å². The SMILES string of the molecule is CCOC(=O)C1CCn2c(cc3cc(NC[C@@H](O)CNC(C)=O)ccc32)C1=O. The Bertz CT molecular complexity index is 905. The number of nitrogens with one attached hydrogen (secondary N) is 2. The molecule has 8 heteroatoms. The fourth-order valence-corrected chi connectivity index (χ4v) is 3.43. The molecule has 1 unspecified atom stereocenters. The molecule has 1 aromatic heterocycles. The van der Waals surface area contributed by atoms with Crippen LogP contribution in [0.5, 0.6) is 0 Å². The number of aromatic nitrogens is 1. The van der Waals surface area contributed by atoms with E-state index in [1.54, 1.807) is 13.0 Å². The lowest BCUT2D eigenvalue weighted by Crippen LogP contribution is -2.34. The molecule has 2 heterocycles. The number of aryl methyl sites for hydroxylation is 1. The first-order valence-electron chi connectivity index (χ1n) is 9.41. The summed E-state index contributed by atoms with van der Waals surface area (Å²) in [5, 5.41) is 16.5. The van der Waals surface area contributed by atoms with E-state index in [1.807, 2.05) is 22.8 Å². The van der Waals surface area contributed by atoms with Gasteiger partial charge >= 0.3 is 5.97 Å². The van der Waals surface area contributed by atoms with Crippen molar-refractivity contribution < 1.29 is 24.2 Å². The van der Waals surface area contributed by atoms with Gasteiger partial charge < -0.3 is 25.0 Å². The topological polar surface area (TPSA) is 110 Å². The molecular weight excluding hydrogens is 362 g/mol. The molecule has 1 aromatic carbocycles. The molecule has 0 fully saturated rings. The van der Waals surface area contributed by atoms with Gasteiger partial charge in [-0.15, -0.1) is 0 Å². The van der Waals surface area contributed by atoms with Gasteiger partial charge in [-0.05, 0) is 37.6 Å². The number of hydrogen-bond donors (Lipinski definition) is 3. The highest BCUT2D eigenvalue weighted by atomic mass is 16.5. The van der Waals surface area contributed by atoms with E-state index >= 15 is 0 Å². The molecule has 0 saturated carbocycles. The second kappa shape index (κ2) is 8.43. The molecule has 1 amide bonds. The summed E-state index contributed by atoms with van der Waals surface area (Å²) in [5.74, 6) is -1.59. The van der Waals surface area contributed by atoms with Gasteiger partial charge in [0.2, 0.25) is 5.91 Å². The number of aliphatic hydroxyl groups excluding tert-OH is 1. The van der Waals surface area contributed by atoms with Crippen molar-refractivity contribution >= 4 is 34.3 Å². The molecule has 150 valence electrons. The summed E-state index contributed by atoms with van der Waals surface area (Å²) in [4.78, 5) is 35.6. The third-order valence-corrected chi connectivity index (χ3v) is 4.81. The number of rotatable bonds is 7. The Balaban J connectivity index is 1.74. The van der Waals surface area contributed by atoms with Crippen LogP contribution >= 0.6 is 0 Å². The fraction of sp³-hybridized carbons (Fsp3) is 0.450. The van der Waals surface area contributed by atoms with Crippen LogP contribution in [-0.4, -0.2) is 53.1 Å². The minimum Gasteiger partial charge on any atom is -0.465 e. The predicted molar refractivity (Wildman–Crippen MR) is 104 cm³/mol. The van der Waals surface area contributed by atoms with Crippen molar-refractivity contribution in [2.75, 3.05) is 25.0 Å². The van der Waals surface area contributed by atoms with Crippen LogP contribution in [0.1, 0.15) is 30.8 Å². The van der Waals surface area contributed by atoms with Crippen LogP contribution in [0.25, 0.3) is 10.9 Å². The van der Waals surface area contributed by atoms with Crippen molar-refractivity contribution in [3.8, 4) is 0 Å². The lowest BCUT2D eigenvalue weighted by atomic mass is 9.95. The summed E-state index contributed by atoms with van der Waals surface area (Å²) in [6.07, 6.45) is -0.280. The standard InChI is InChI=1S/C20H25N3O5/c1-3-28-20(27)16-6-7-23-17-5-4-14(8-13(17)9-18(23)19(16)26)22-11-15(25)10-21-12(2)24/h4-5,8-9,15-16,22,25H,3,6-7,10-11H2,1-2H3,(H,21,24)/t15-,16?/m0/s1. The van der Waals surface area contributed by atoms with Crippen LogP contribution in [0.4, 0.5) is 5.69 Å². The molecule has 8 nitrogen and oxygen atoms in total. The summed E-state index contributed by atoms with van der Waals surface area (Å²) >= 11 is 0. The number of carbonyl (C=O) groups is 3. The first-order valence-corrected chi connectivity index (χ1v) is 9.41. The van der Waals surface area contributed by atoms with Crippen molar-refractivity contribution in [3.63, 3.8) is 0 Å². The molecule has 28 heavy (non-hydrogen) atoms. The Morgan fingerprint density at radius 2 is 2.11 bits per heavy atom. The van der Waals surface area contributed by atoms with Crippen molar-refractivity contribution in [2.24, 2.45) is 5.92 Å². The average Bonchev–Trinajstić information content (AvgIpc) is 3.04. The van der Waals surface area contributed by atoms with Gasteiger partial charge in [0, 0.05) is 43.1 Å². The second-order valence-electron chi connectivity index (χ2n) is 6.88. The molecule has 2 aromatic rings. The number of benzene rings is 1. The molecule has 0 bridgehead atoms. The van der Waals surface area contributed by atoms with Crippen LogP contribution in [0.2, 0.25) is 0 Å². The number of fused-ring (bicyclic) bond motifs is 3. The van der Waals surface area contributed by atoms with E-state index in [2.05, 4.69) is 10.6 Å². The minimum atomic E-state index is -0.738. The number of ketones is 1. The highest BCUT2D eigenvalue weighted by Crippen LogP contribution is 2.30. The van der Waals surface area contributed by atoms with Gasteiger partial charge in [-0.2, -0.15) is 0 Å². The van der Waals surface area contributed by atoms with Crippen LogP contribution in [0, 0.1) is 5.92 Å². The van der Waals surface area contributed by atoms with Gasteiger partial charge in [0.05, 0.1) is 18.4 Å². The van der Waals surface area contributed by atoms with Crippen molar-refractivity contribution in [1.29, 1.82) is 0 Å². The number of amides is 1. The number of anilines is 1. The Hall–Kier alpha value is -2.87. The maximum atomic E-state index is 12.7. The summed E-state index contributed by atoms with van der Waals surface area (Å²) in [6, 6.07) is 7.49. The number of carbonyl (C=O) groups excluding carboxylic acids is 3. The molecule has 0 saturated heterocycles. The number of esters is 1. The maximum Gasteiger partial charge on any atom is 0.316 e. The van der Waals surface area contributed by atoms with E-state index in [0.29, 0.717) is 18.7 Å².